The van der Waals surface area contributed by atoms with Crippen molar-refractivity contribution in [2.45, 2.75) is 33.8 Å². The van der Waals surface area contributed by atoms with E-state index in [-0.39, 0.29) is 18.1 Å². The van der Waals surface area contributed by atoms with Crippen LogP contribution in [0.15, 0.2) is 0 Å². The quantitative estimate of drug-likeness (QED) is 0.433. The number of ether oxygens (including phenoxy) is 2. The molecule has 1 rings (SSSR count). The summed E-state index contributed by atoms with van der Waals surface area (Å²) in [5, 5.41) is 0.622. The van der Waals surface area contributed by atoms with Gasteiger partial charge in [-0.15, -0.1) is 11.3 Å². The monoisotopic (exact) mass is 271 g/mol. The van der Waals surface area contributed by atoms with Crippen molar-refractivity contribution in [1.82, 2.24) is 4.98 Å². The third kappa shape index (κ3) is 3.89. The summed E-state index contributed by atoms with van der Waals surface area (Å²) in [6, 6.07) is 0. The lowest BCUT2D eigenvalue weighted by molar-refractivity contribution is 0.0516. The number of carbonyl (C=O) groups excluding carboxylic acids is 2. The predicted molar refractivity (Wildman–Crippen MR) is 68.0 cm³/mol. The smallest absolute Gasteiger partial charge is 0.358 e. The van der Waals surface area contributed by atoms with Crippen molar-refractivity contribution in [2.24, 2.45) is 0 Å². The number of hydrogen-bond donors (Lipinski definition) is 0. The van der Waals surface area contributed by atoms with Gasteiger partial charge < -0.3 is 9.47 Å². The molecule has 0 aliphatic heterocycles. The summed E-state index contributed by atoms with van der Waals surface area (Å²) in [4.78, 5) is 27.5. The molecular weight excluding hydrogens is 254 g/mol. The Labute approximate surface area is 110 Å². The maximum atomic E-state index is 11.6. The van der Waals surface area contributed by atoms with Crippen LogP contribution in [0.25, 0.3) is 0 Å². The zero-order chi connectivity index (χ0) is 13.5. The van der Waals surface area contributed by atoms with Gasteiger partial charge in [0.05, 0.1) is 13.2 Å². The topological polar surface area (TPSA) is 65.5 Å². The van der Waals surface area contributed by atoms with Gasteiger partial charge >= 0.3 is 5.97 Å². The van der Waals surface area contributed by atoms with Crippen molar-refractivity contribution >= 4 is 23.1 Å². The average molecular weight is 271 g/mol. The molecule has 1 heterocycles. The molecule has 0 amide bonds. The van der Waals surface area contributed by atoms with Crippen molar-refractivity contribution in [3.63, 3.8) is 0 Å². The fraction of sp³-hybridized carbons (Fsp3) is 0.583. The van der Waals surface area contributed by atoms with Crippen molar-refractivity contribution in [3.05, 3.63) is 15.6 Å². The first kappa shape index (κ1) is 14.8. The van der Waals surface area contributed by atoms with E-state index >= 15 is 0 Å². The molecule has 0 unspecified atom stereocenters. The van der Waals surface area contributed by atoms with E-state index in [9.17, 15) is 9.59 Å². The SMILES string of the molecule is CCCOCc1nc(C(=O)OCC)c(C(C)=O)s1. The van der Waals surface area contributed by atoms with Crippen molar-refractivity contribution in [2.75, 3.05) is 13.2 Å². The minimum atomic E-state index is -0.555. The van der Waals surface area contributed by atoms with Crippen molar-refractivity contribution in [1.29, 1.82) is 0 Å². The summed E-state index contributed by atoms with van der Waals surface area (Å²) in [5.74, 6) is -0.738. The standard InChI is InChI=1S/C12H17NO4S/c1-4-6-16-7-9-13-10(12(15)17-5-2)11(18-9)8(3)14/h4-7H2,1-3H3. The summed E-state index contributed by atoms with van der Waals surface area (Å²) >= 11 is 1.19. The van der Waals surface area contributed by atoms with E-state index in [2.05, 4.69) is 4.98 Å². The highest BCUT2D eigenvalue weighted by atomic mass is 32.1. The van der Waals surface area contributed by atoms with Crippen LogP contribution in [0.4, 0.5) is 0 Å². The zero-order valence-electron chi connectivity index (χ0n) is 10.8. The third-order valence-corrected chi connectivity index (χ3v) is 3.16. The van der Waals surface area contributed by atoms with Gasteiger partial charge in [-0.25, -0.2) is 9.78 Å². The second-order valence-electron chi connectivity index (χ2n) is 3.61. The van der Waals surface area contributed by atoms with Gasteiger partial charge in [-0.3, -0.25) is 4.79 Å². The lowest BCUT2D eigenvalue weighted by Gasteiger charge is -1.99. The van der Waals surface area contributed by atoms with Gasteiger partial charge in [-0.05, 0) is 13.3 Å². The lowest BCUT2D eigenvalue weighted by Crippen LogP contribution is -2.09. The molecule has 1 aromatic heterocycles. The average Bonchev–Trinajstić information content (AvgIpc) is 2.74. The summed E-state index contributed by atoms with van der Waals surface area (Å²) in [6.45, 7) is 6.33. The Morgan fingerprint density at radius 1 is 1.33 bits per heavy atom. The van der Waals surface area contributed by atoms with Crippen LogP contribution >= 0.6 is 11.3 Å². The zero-order valence-corrected chi connectivity index (χ0v) is 11.6. The second kappa shape index (κ2) is 7.23. The Kier molecular flexibility index (Phi) is 5.94. The van der Waals surface area contributed by atoms with E-state index in [0.29, 0.717) is 23.1 Å². The summed E-state index contributed by atoms with van der Waals surface area (Å²) in [5.41, 5.74) is 0.101. The van der Waals surface area contributed by atoms with Gasteiger partial charge in [0.15, 0.2) is 11.5 Å². The molecule has 18 heavy (non-hydrogen) atoms. The first-order valence-electron chi connectivity index (χ1n) is 5.85. The molecule has 0 atom stereocenters. The van der Waals surface area contributed by atoms with Gasteiger partial charge in [0.2, 0.25) is 0 Å². The number of carbonyl (C=O) groups is 2. The second-order valence-corrected chi connectivity index (χ2v) is 4.70. The maximum Gasteiger partial charge on any atom is 0.358 e. The number of Topliss-reactive ketones (excluding diaryl/α,β-unsaturated/α-hetero) is 1. The lowest BCUT2D eigenvalue weighted by atomic mass is 10.3. The van der Waals surface area contributed by atoms with E-state index in [1.54, 1.807) is 6.92 Å². The first-order chi connectivity index (χ1) is 8.60. The highest BCUT2D eigenvalue weighted by molar-refractivity contribution is 7.14. The molecule has 5 nitrogen and oxygen atoms in total. The highest BCUT2D eigenvalue weighted by Crippen LogP contribution is 2.21. The largest absolute Gasteiger partial charge is 0.461 e. The molecule has 0 aliphatic rings. The molecule has 6 heteroatoms. The van der Waals surface area contributed by atoms with Crippen LogP contribution in [0.1, 0.15) is 52.4 Å². The van der Waals surface area contributed by atoms with Gasteiger partial charge in [0.25, 0.3) is 0 Å². The molecular formula is C12H17NO4S. The van der Waals surface area contributed by atoms with Crippen LogP contribution in [0.2, 0.25) is 0 Å². The van der Waals surface area contributed by atoms with E-state index in [4.69, 9.17) is 9.47 Å². The molecule has 1 aromatic rings. The van der Waals surface area contributed by atoms with Crippen molar-refractivity contribution in [3.8, 4) is 0 Å². The molecule has 0 saturated heterocycles. The van der Waals surface area contributed by atoms with Gasteiger partial charge in [0.1, 0.15) is 9.88 Å². The van der Waals surface area contributed by atoms with Gasteiger partial charge in [-0.1, -0.05) is 6.92 Å². The molecule has 0 spiro atoms. The Balaban J connectivity index is 2.87. The number of hydrogen-bond acceptors (Lipinski definition) is 6. The minimum absolute atomic E-state index is 0.101. The van der Waals surface area contributed by atoms with Gasteiger partial charge in [0, 0.05) is 13.5 Å². The van der Waals surface area contributed by atoms with E-state index in [1.807, 2.05) is 6.92 Å². The number of rotatable bonds is 7. The van der Waals surface area contributed by atoms with Gasteiger partial charge in [-0.2, -0.15) is 0 Å². The normalized spacial score (nSPS) is 10.4. The van der Waals surface area contributed by atoms with E-state index in [0.717, 1.165) is 6.42 Å². The highest BCUT2D eigenvalue weighted by Gasteiger charge is 2.22. The Bertz CT molecular complexity index is 428. The number of esters is 1. The molecule has 0 radical (unpaired) electrons. The molecule has 100 valence electrons. The third-order valence-electron chi connectivity index (χ3n) is 2.03. The predicted octanol–water partition coefficient (Wildman–Crippen LogP) is 2.45. The Morgan fingerprint density at radius 2 is 2.06 bits per heavy atom. The van der Waals surface area contributed by atoms with Crippen LogP contribution in [-0.4, -0.2) is 30.0 Å². The van der Waals surface area contributed by atoms with E-state index < -0.39 is 5.97 Å². The molecule has 0 aliphatic carbocycles. The van der Waals surface area contributed by atoms with Crippen LogP contribution in [0, 0.1) is 0 Å². The molecule has 0 saturated carbocycles. The number of aromatic nitrogens is 1. The van der Waals surface area contributed by atoms with Crippen LogP contribution in [-0.2, 0) is 16.1 Å². The fourth-order valence-corrected chi connectivity index (χ4v) is 2.19. The number of nitrogens with zero attached hydrogens (tertiary/aromatic N) is 1. The fourth-order valence-electron chi connectivity index (χ4n) is 1.31. The Hall–Kier alpha value is -1.27. The first-order valence-corrected chi connectivity index (χ1v) is 6.67. The number of thiazole rings is 1. The maximum absolute atomic E-state index is 11.6. The molecule has 0 fully saturated rings. The Morgan fingerprint density at radius 3 is 2.61 bits per heavy atom. The van der Waals surface area contributed by atoms with Crippen LogP contribution in [0.3, 0.4) is 0 Å². The molecule has 0 aromatic carbocycles. The van der Waals surface area contributed by atoms with E-state index in [1.165, 1.54) is 18.3 Å². The van der Waals surface area contributed by atoms with Crippen LogP contribution in [0.5, 0.6) is 0 Å². The summed E-state index contributed by atoms with van der Waals surface area (Å²) in [7, 11) is 0. The number of ketones is 1. The summed E-state index contributed by atoms with van der Waals surface area (Å²) in [6.07, 6.45) is 0.912. The summed E-state index contributed by atoms with van der Waals surface area (Å²) < 4.78 is 10.2. The molecule has 0 N–H and O–H groups in total. The van der Waals surface area contributed by atoms with Crippen LogP contribution < -0.4 is 0 Å². The van der Waals surface area contributed by atoms with Crippen molar-refractivity contribution < 1.29 is 19.1 Å². The minimum Gasteiger partial charge on any atom is -0.461 e. The molecule has 0 bridgehead atoms.